The van der Waals surface area contributed by atoms with Gasteiger partial charge in [0.15, 0.2) is 5.78 Å². The first-order valence-electron chi connectivity index (χ1n) is 6.13. The number of rotatable bonds is 7. The lowest BCUT2D eigenvalue weighted by atomic mass is 10.1. The third kappa shape index (κ3) is 5.36. The minimum Gasteiger partial charge on any atom is -0.490 e. The van der Waals surface area contributed by atoms with Gasteiger partial charge >= 0.3 is 0 Å². The van der Waals surface area contributed by atoms with Crippen LogP contribution in [0.4, 0.5) is 4.39 Å². The smallest absolute Gasteiger partial charge is 0.163 e. The van der Waals surface area contributed by atoms with E-state index in [4.69, 9.17) is 9.47 Å². The van der Waals surface area contributed by atoms with Crippen LogP contribution < -0.4 is 4.74 Å². The largest absolute Gasteiger partial charge is 0.490 e. The number of halogens is 1. The molecule has 0 bridgehead atoms. The quantitative estimate of drug-likeness (QED) is 0.772. The van der Waals surface area contributed by atoms with Gasteiger partial charge in [-0.15, -0.1) is 0 Å². The summed E-state index contributed by atoms with van der Waals surface area (Å²) in [4.78, 5) is 11.3. The highest BCUT2D eigenvalue weighted by Gasteiger charge is 2.12. The standard InChI is InChI=1S/C14H19FO4/c1-9(2)18-7-12(17)8-19-14-5-4-11(15)6-13(14)10(3)16/h4-6,9,12,17H,7-8H2,1-3H3. The van der Waals surface area contributed by atoms with Crippen LogP contribution in [0.5, 0.6) is 5.75 Å². The molecule has 0 aromatic heterocycles. The second-order valence-electron chi connectivity index (χ2n) is 4.54. The fourth-order valence-electron chi connectivity index (χ4n) is 1.44. The maximum Gasteiger partial charge on any atom is 0.163 e. The van der Waals surface area contributed by atoms with E-state index in [0.717, 1.165) is 6.07 Å². The van der Waals surface area contributed by atoms with Gasteiger partial charge in [-0.2, -0.15) is 0 Å². The van der Waals surface area contributed by atoms with E-state index in [2.05, 4.69) is 0 Å². The highest BCUT2D eigenvalue weighted by molar-refractivity contribution is 5.96. The molecule has 0 aliphatic rings. The van der Waals surface area contributed by atoms with Gasteiger partial charge in [-0.25, -0.2) is 4.39 Å². The lowest BCUT2D eigenvalue weighted by molar-refractivity contribution is -0.0123. The number of hydrogen-bond donors (Lipinski definition) is 1. The molecule has 1 rings (SSSR count). The van der Waals surface area contributed by atoms with Crippen LogP contribution in [0.25, 0.3) is 0 Å². The SMILES string of the molecule is CC(=O)c1cc(F)ccc1OCC(O)COC(C)C. The molecule has 5 heteroatoms. The maximum atomic E-state index is 13.0. The first-order valence-corrected chi connectivity index (χ1v) is 6.13. The summed E-state index contributed by atoms with van der Waals surface area (Å²) in [6.45, 7) is 5.19. The van der Waals surface area contributed by atoms with Crippen LogP contribution in [0.3, 0.4) is 0 Å². The van der Waals surface area contributed by atoms with Gasteiger partial charge in [-0.1, -0.05) is 0 Å². The van der Waals surface area contributed by atoms with Crippen molar-refractivity contribution in [1.82, 2.24) is 0 Å². The molecule has 0 amide bonds. The second kappa shape index (κ2) is 7.21. The van der Waals surface area contributed by atoms with E-state index >= 15 is 0 Å². The lowest BCUT2D eigenvalue weighted by Gasteiger charge is -2.15. The van der Waals surface area contributed by atoms with Crippen molar-refractivity contribution in [2.75, 3.05) is 13.2 Å². The second-order valence-corrected chi connectivity index (χ2v) is 4.54. The summed E-state index contributed by atoms with van der Waals surface area (Å²) in [7, 11) is 0. The Morgan fingerprint density at radius 2 is 2.05 bits per heavy atom. The zero-order valence-corrected chi connectivity index (χ0v) is 11.4. The minimum atomic E-state index is -0.799. The van der Waals surface area contributed by atoms with Crippen molar-refractivity contribution >= 4 is 5.78 Å². The van der Waals surface area contributed by atoms with Crippen LogP contribution in [0.1, 0.15) is 31.1 Å². The lowest BCUT2D eigenvalue weighted by Crippen LogP contribution is -2.25. The monoisotopic (exact) mass is 270 g/mol. The van der Waals surface area contributed by atoms with Gasteiger partial charge in [0.2, 0.25) is 0 Å². The van der Waals surface area contributed by atoms with Crippen molar-refractivity contribution in [3.63, 3.8) is 0 Å². The summed E-state index contributed by atoms with van der Waals surface area (Å²) < 4.78 is 23.6. The van der Waals surface area contributed by atoms with Crippen LogP contribution in [-0.2, 0) is 4.74 Å². The maximum absolute atomic E-state index is 13.0. The molecule has 4 nitrogen and oxygen atoms in total. The first-order chi connectivity index (χ1) is 8.90. The van der Waals surface area contributed by atoms with Gasteiger partial charge in [-0.05, 0) is 39.0 Å². The van der Waals surface area contributed by atoms with Gasteiger partial charge in [-0.3, -0.25) is 4.79 Å². The molecular formula is C14H19FO4. The Bertz CT molecular complexity index is 431. The molecule has 0 heterocycles. The van der Waals surface area contributed by atoms with Crippen molar-refractivity contribution in [3.05, 3.63) is 29.6 Å². The Kier molecular flexibility index (Phi) is 5.92. The number of aliphatic hydroxyl groups excluding tert-OH is 1. The summed E-state index contributed by atoms with van der Waals surface area (Å²) in [5, 5.41) is 9.63. The van der Waals surface area contributed by atoms with Crippen LogP contribution >= 0.6 is 0 Å². The van der Waals surface area contributed by atoms with Crippen molar-refractivity contribution < 1.29 is 23.8 Å². The molecule has 1 aromatic carbocycles. The number of benzene rings is 1. The minimum absolute atomic E-state index is 0.0152. The van der Waals surface area contributed by atoms with E-state index < -0.39 is 11.9 Å². The van der Waals surface area contributed by atoms with Crippen LogP contribution in [0.15, 0.2) is 18.2 Å². The van der Waals surface area contributed by atoms with E-state index in [1.807, 2.05) is 13.8 Å². The van der Waals surface area contributed by atoms with E-state index in [1.165, 1.54) is 19.1 Å². The van der Waals surface area contributed by atoms with Crippen molar-refractivity contribution in [2.24, 2.45) is 0 Å². The Balaban J connectivity index is 2.60. The number of carbonyl (C=O) groups excluding carboxylic acids is 1. The van der Waals surface area contributed by atoms with Crippen LogP contribution in [0.2, 0.25) is 0 Å². The molecule has 0 saturated heterocycles. The number of hydrogen-bond acceptors (Lipinski definition) is 4. The molecule has 0 saturated carbocycles. The summed E-state index contributed by atoms with van der Waals surface area (Å²) in [5.74, 6) is -0.527. The predicted molar refractivity (Wildman–Crippen MR) is 69.0 cm³/mol. The third-order valence-corrected chi connectivity index (χ3v) is 2.37. The number of ether oxygens (including phenoxy) is 2. The average molecular weight is 270 g/mol. The highest BCUT2D eigenvalue weighted by Crippen LogP contribution is 2.20. The van der Waals surface area contributed by atoms with Gasteiger partial charge in [0.1, 0.15) is 24.3 Å². The zero-order valence-electron chi connectivity index (χ0n) is 11.4. The number of Topliss-reactive ketones (excluding diaryl/α,β-unsaturated/α-hetero) is 1. The number of aliphatic hydroxyl groups is 1. The van der Waals surface area contributed by atoms with Crippen molar-refractivity contribution in [2.45, 2.75) is 33.0 Å². The van der Waals surface area contributed by atoms with Crippen molar-refractivity contribution in [1.29, 1.82) is 0 Å². The molecule has 1 atom stereocenters. The van der Waals surface area contributed by atoms with Gasteiger partial charge in [0.25, 0.3) is 0 Å². The fourth-order valence-corrected chi connectivity index (χ4v) is 1.44. The average Bonchev–Trinajstić information content (AvgIpc) is 2.34. The van der Waals surface area contributed by atoms with Gasteiger partial charge in [0, 0.05) is 0 Å². The summed E-state index contributed by atoms with van der Waals surface area (Å²) >= 11 is 0. The molecule has 0 spiro atoms. The van der Waals surface area contributed by atoms with Crippen LogP contribution in [-0.4, -0.2) is 36.3 Å². The number of carbonyl (C=O) groups is 1. The molecule has 0 radical (unpaired) electrons. The molecule has 0 aliphatic carbocycles. The molecule has 1 unspecified atom stereocenters. The van der Waals surface area contributed by atoms with Crippen molar-refractivity contribution in [3.8, 4) is 5.75 Å². The van der Waals surface area contributed by atoms with E-state index in [0.29, 0.717) is 0 Å². The summed E-state index contributed by atoms with van der Waals surface area (Å²) in [6, 6.07) is 3.70. The third-order valence-electron chi connectivity index (χ3n) is 2.37. The van der Waals surface area contributed by atoms with E-state index in [9.17, 15) is 14.3 Å². The molecule has 106 valence electrons. The molecular weight excluding hydrogens is 251 g/mol. The first kappa shape index (κ1) is 15.6. The normalized spacial score (nSPS) is 12.5. The van der Waals surface area contributed by atoms with Crippen LogP contribution in [0, 0.1) is 5.82 Å². The molecule has 0 fully saturated rings. The number of ketones is 1. The Hall–Kier alpha value is -1.46. The van der Waals surface area contributed by atoms with E-state index in [1.54, 1.807) is 0 Å². The zero-order chi connectivity index (χ0) is 14.4. The summed E-state index contributed by atoms with van der Waals surface area (Å²) in [6.07, 6.45) is -0.777. The predicted octanol–water partition coefficient (Wildman–Crippen LogP) is 2.19. The molecule has 19 heavy (non-hydrogen) atoms. The topological polar surface area (TPSA) is 55.8 Å². The Morgan fingerprint density at radius 1 is 1.37 bits per heavy atom. The Labute approximate surface area is 112 Å². The molecule has 1 aromatic rings. The van der Waals surface area contributed by atoms with Gasteiger partial charge < -0.3 is 14.6 Å². The fraction of sp³-hybridized carbons (Fsp3) is 0.500. The van der Waals surface area contributed by atoms with E-state index in [-0.39, 0.29) is 36.4 Å². The Morgan fingerprint density at radius 3 is 2.63 bits per heavy atom. The molecule has 1 N–H and O–H groups in total. The molecule has 0 aliphatic heterocycles. The summed E-state index contributed by atoms with van der Waals surface area (Å²) in [5.41, 5.74) is 0.164. The van der Waals surface area contributed by atoms with Gasteiger partial charge in [0.05, 0.1) is 18.3 Å². The highest BCUT2D eigenvalue weighted by atomic mass is 19.1.